The first kappa shape index (κ1) is 40.1. The molecule has 4 aromatic rings. The van der Waals surface area contributed by atoms with Crippen LogP contribution in [0.5, 0.6) is 0 Å². The van der Waals surface area contributed by atoms with Gasteiger partial charge >= 0.3 is 0 Å². The molecular formula is C44H66N4S2+4. The van der Waals surface area contributed by atoms with Crippen molar-refractivity contribution in [1.82, 2.24) is 0 Å². The molecule has 4 nitrogen and oxygen atoms in total. The molecule has 0 bridgehead atoms. The third kappa shape index (κ3) is 18.0. The average molecular weight is 715 g/mol. The fourth-order valence-corrected chi connectivity index (χ4v) is 8.91. The number of nitrogens with one attached hydrogen (secondary N) is 2. The first-order chi connectivity index (χ1) is 24.9. The van der Waals surface area contributed by atoms with Crippen LogP contribution < -0.4 is 19.1 Å². The molecule has 0 unspecified atom stereocenters. The monoisotopic (exact) mass is 714 g/mol. The maximum atomic E-state index is 3.09. The van der Waals surface area contributed by atoms with Crippen molar-refractivity contribution in [3.8, 4) is 22.3 Å². The van der Waals surface area contributed by atoms with Crippen LogP contribution in [0.2, 0.25) is 0 Å². The predicted octanol–water partition coefficient (Wildman–Crippen LogP) is 11.1. The lowest BCUT2D eigenvalue weighted by Gasteiger charge is -2.04. The fraction of sp³-hybridized carbons (Fsp3) is 0.545. The Bertz CT molecular complexity index is 1240. The van der Waals surface area contributed by atoms with E-state index in [1.807, 2.05) is 24.8 Å². The van der Waals surface area contributed by atoms with Crippen LogP contribution in [0, 0.1) is 0 Å². The molecule has 0 saturated heterocycles. The summed E-state index contributed by atoms with van der Waals surface area (Å²) in [5.74, 6) is 2.68. The van der Waals surface area contributed by atoms with Crippen LogP contribution in [0.15, 0.2) is 98.1 Å². The molecule has 0 radical (unpaired) electrons. The lowest BCUT2D eigenvalue weighted by Crippen LogP contribution is -2.32. The normalized spacial score (nSPS) is 11.3. The second-order valence-corrected chi connectivity index (χ2v) is 16.6. The second-order valence-electron chi connectivity index (χ2n) is 13.9. The van der Waals surface area contributed by atoms with Crippen LogP contribution in [0.25, 0.3) is 22.3 Å². The summed E-state index contributed by atoms with van der Waals surface area (Å²) >= 11 is 0. The molecule has 0 aliphatic rings. The third-order valence-electron chi connectivity index (χ3n) is 9.76. The summed E-state index contributed by atoms with van der Waals surface area (Å²) in [6, 6.07) is 17.4. The van der Waals surface area contributed by atoms with Gasteiger partial charge in [-0.05, 0) is 47.9 Å². The van der Waals surface area contributed by atoms with Gasteiger partial charge in [-0.2, -0.15) is 0 Å². The third-order valence-corrected chi connectivity index (χ3v) is 12.3. The van der Waals surface area contributed by atoms with Crippen molar-refractivity contribution in [3.63, 3.8) is 0 Å². The number of hydrogen-bond acceptors (Lipinski definition) is 2. The van der Waals surface area contributed by atoms with Gasteiger partial charge in [-0.1, -0.05) is 111 Å². The topological polar surface area (TPSA) is 36.0 Å². The minimum absolute atomic E-state index is 1.13. The van der Waals surface area contributed by atoms with Crippen molar-refractivity contribution in [1.29, 1.82) is 0 Å². The van der Waals surface area contributed by atoms with Gasteiger partial charge in [0.2, 0.25) is 0 Å². The lowest BCUT2D eigenvalue weighted by molar-refractivity contribution is -0.697. The van der Waals surface area contributed by atoms with Crippen LogP contribution >= 0.6 is 21.6 Å². The van der Waals surface area contributed by atoms with Gasteiger partial charge in [-0.25, -0.2) is 19.1 Å². The first-order valence-electron chi connectivity index (χ1n) is 20.0. The number of hydrogen-bond donors (Lipinski definition) is 0. The fourth-order valence-electron chi connectivity index (χ4n) is 6.61. The highest BCUT2D eigenvalue weighted by atomic mass is 33.1. The summed E-state index contributed by atoms with van der Waals surface area (Å²) in [7, 11) is 4.24. The summed E-state index contributed by atoms with van der Waals surface area (Å²) in [5, 5.41) is 0. The van der Waals surface area contributed by atoms with Gasteiger partial charge in [0.25, 0.3) is 0 Å². The number of pyridine rings is 4. The number of aromatic amines is 2. The first-order valence-corrected chi connectivity index (χ1v) is 22.5. The highest BCUT2D eigenvalue weighted by molar-refractivity contribution is 8.76. The predicted molar refractivity (Wildman–Crippen MR) is 215 cm³/mol. The van der Waals surface area contributed by atoms with Crippen LogP contribution in [-0.2, 0) is 13.1 Å². The molecule has 0 fully saturated rings. The number of aryl methyl sites for hydroxylation is 2. The Morgan fingerprint density at radius 1 is 0.320 bits per heavy atom. The number of H-pyrrole nitrogens is 2. The highest BCUT2D eigenvalue weighted by Gasteiger charge is 2.05. The summed E-state index contributed by atoms with van der Waals surface area (Å²) < 4.78 is 4.66. The largest absolute Gasteiger partial charge is 0.218 e. The minimum atomic E-state index is 1.13. The molecule has 0 aromatic carbocycles. The maximum absolute atomic E-state index is 3.09. The van der Waals surface area contributed by atoms with E-state index < -0.39 is 0 Å². The standard InChI is InChI=1S/C44H64N4S2/c1(5-9-13-17-33-47-35-25-43(26-36-47)41-21-29-45-30-22-41)3-7-11-15-19-39-49-50-40-20-16-12-8-4-2-6-10-14-18-34-48-37-27-44(28-38-48)42-23-31-46-32-24-42/h21-32,35-38H,1-20,33-34,39-40H2/q+2/p+2. The Hall–Kier alpha value is -2.70. The van der Waals surface area contributed by atoms with Gasteiger partial charge in [-0.15, -0.1) is 0 Å². The average Bonchev–Trinajstić information content (AvgIpc) is 3.17. The molecule has 0 saturated carbocycles. The molecular weight excluding hydrogens is 649 g/mol. The molecule has 2 N–H and O–H groups in total. The van der Waals surface area contributed by atoms with E-state index >= 15 is 0 Å². The van der Waals surface area contributed by atoms with Crippen molar-refractivity contribution in [2.45, 2.75) is 142 Å². The SMILES string of the molecule is c1cc(-c2cc[n+](CCCCCCCCCCCCSSCCCCCCCCCCCC[n+]3ccc(-c4cc[nH+]cc4)cc3)cc2)cc[nH+]1. The van der Waals surface area contributed by atoms with Crippen molar-refractivity contribution in [2.75, 3.05) is 11.5 Å². The van der Waals surface area contributed by atoms with E-state index in [1.165, 1.54) is 162 Å². The molecule has 0 atom stereocenters. The summed E-state index contributed by atoms with van der Waals surface area (Å²) in [6.45, 7) is 2.26. The molecule has 4 heterocycles. The van der Waals surface area contributed by atoms with Crippen molar-refractivity contribution in [3.05, 3.63) is 98.1 Å². The number of unbranched alkanes of at least 4 members (excludes halogenated alkanes) is 18. The molecule has 6 heteroatoms. The zero-order chi connectivity index (χ0) is 34.6. The van der Waals surface area contributed by atoms with E-state index in [2.05, 4.69) is 114 Å². The van der Waals surface area contributed by atoms with E-state index in [1.54, 1.807) is 0 Å². The van der Waals surface area contributed by atoms with Crippen molar-refractivity contribution >= 4 is 21.6 Å². The summed E-state index contributed by atoms with van der Waals surface area (Å²) in [6.07, 6.45) is 44.8. The maximum Gasteiger partial charge on any atom is 0.169 e. The molecule has 0 aliphatic carbocycles. The molecule has 0 amide bonds. The number of nitrogens with zero attached hydrogens (tertiary/aromatic N) is 2. The van der Waals surface area contributed by atoms with Crippen molar-refractivity contribution < 1.29 is 19.1 Å². The Balaban J connectivity index is 0.806. The Morgan fingerprint density at radius 3 is 0.900 bits per heavy atom. The van der Waals surface area contributed by atoms with Crippen LogP contribution in [-0.4, -0.2) is 11.5 Å². The zero-order valence-electron chi connectivity index (χ0n) is 30.9. The zero-order valence-corrected chi connectivity index (χ0v) is 32.6. The van der Waals surface area contributed by atoms with Crippen molar-refractivity contribution in [2.24, 2.45) is 0 Å². The van der Waals surface area contributed by atoms with Gasteiger partial charge in [0.05, 0.1) is 0 Å². The van der Waals surface area contributed by atoms with Gasteiger partial charge in [0.15, 0.2) is 49.6 Å². The number of aromatic nitrogens is 4. The van der Waals surface area contributed by atoms with Crippen LogP contribution in [0.3, 0.4) is 0 Å². The van der Waals surface area contributed by atoms with Gasteiger partial charge < -0.3 is 0 Å². The highest BCUT2D eigenvalue weighted by Crippen LogP contribution is 2.25. The smallest absolute Gasteiger partial charge is 0.169 e. The quantitative estimate of drug-likeness (QED) is 0.0319. The minimum Gasteiger partial charge on any atom is -0.218 e. The second kappa shape index (κ2) is 27.0. The van der Waals surface area contributed by atoms with Gasteiger partial charge in [0, 0.05) is 72.9 Å². The van der Waals surface area contributed by atoms with E-state index in [0.717, 1.165) is 13.1 Å². The Kier molecular flexibility index (Phi) is 21.7. The molecule has 0 spiro atoms. The molecule has 4 rings (SSSR count). The van der Waals surface area contributed by atoms with Crippen LogP contribution in [0.1, 0.15) is 128 Å². The summed E-state index contributed by atoms with van der Waals surface area (Å²) in [5.41, 5.74) is 5.09. The van der Waals surface area contributed by atoms with Gasteiger partial charge in [0.1, 0.15) is 13.1 Å². The molecule has 4 aromatic heterocycles. The number of rotatable bonds is 29. The van der Waals surface area contributed by atoms with E-state index in [4.69, 9.17) is 0 Å². The van der Waals surface area contributed by atoms with E-state index in [-0.39, 0.29) is 0 Å². The molecule has 270 valence electrons. The summed E-state index contributed by atoms with van der Waals surface area (Å²) in [4.78, 5) is 6.19. The lowest BCUT2D eigenvalue weighted by atomic mass is 10.1. The van der Waals surface area contributed by atoms with Gasteiger partial charge in [-0.3, -0.25) is 0 Å². The van der Waals surface area contributed by atoms with Crippen LogP contribution in [0.4, 0.5) is 0 Å². The Labute approximate surface area is 312 Å². The molecule has 50 heavy (non-hydrogen) atoms. The molecule has 0 aliphatic heterocycles. The van der Waals surface area contributed by atoms with E-state index in [9.17, 15) is 0 Å². The Morgan fingerprint density at radius 2 is 0.580 bits per heavy atom. The van der Waals surface area contributed by atoms with E-state index in [0.29, 0.717) is 0 Å².